The summed E-state index contributed by atoms with van der Waals surface area (Å²) >= 11 is 1.40. The molecular formula is C69H89N13O13S2. The number of pyridine rings is 1. The molecule has 4 fully saturated rings. The molecule has 0 radical (unpaired) electrons. The topological polar surface area (TPSA) is 375 Å². The second-order valence-corrected chi connectivity index (χ2v) is 30.4. The van der Waals surface area contributed by atoms with Gasteiger partial charge in [-0.1, -0.05) is 81.9 Å². The Morgan fingerprint density at radius 2 is 1.58 bits per heavy atom. The first-order valence-electron chi connectivity index (χ1n) is 33.2. The summed E-state index contributed by atoms with van der Waals surface area (Å²) in [4.78, 5) is 105. The Bertz CT molecular complexity index is 3980. The predicted octanol–water partition coefficient (Wildman–Crippen LogP) is 8.57. The minimum atomic E-state index is -4.49. The van der Waals surface area contributed by atoms with Crippen LogP contribution in [0.4, 0.5) is 26.2 Å². The summed E-state index contributed by atoms with van der Waals surface area (Å²) in [6, 6.07) is 20.7. The number of primary amides is 1. The average molecular weight is 1370 g/mol. The van der Waals surface area contributed by atoms with E-state index in [0.717, 1.165) is 72.0 Å². The number of hydrogen-bond acceptors (Lipinski definition) is 17. The van der Waals surface area contributed by atoms with E-state index in [1.807, 2.05) is 59.0 Å². The van der Waals surface area contributed by atoms with E-state index in [-0.39, 0.29) is 91.8 Å². The molecule has 11 rings (SSSR count). The molecule has 5 aliphatic rings. The number of anilines is 3. The second kappa shape index (κ2) is 30.0. The first-order chi connectivity index (χ1) is 46.1. The van der Waals surface area contributed by atoms with Crippen LogP contribution in [0.5, 0.6) is 0 Å². The van der Waals surface area contributed by atoms with Crippen LogP contribution in [0.2, 0.25) is 0 Å². The molecule has 4 heterocycles. The highest BCUT2D eigenvalue weighted by atomic mass is 32.2. The summed E-state index contributed by atoms with van der Waals surface area (Å²) in [5.41, 5.74) is 15.5. The van der Waals surface area contributed by atoms with Gasteiger partial charge >= 0.3 is 18.1 Å². The lowest BCUT2D eigenvalue weighted by Crippen LogP contribution is -2.64. The van der Waals surface area contributed by atoms with Crippen molar-refractivity contribution >= 4 is 90.0 Å². The smallest absolute Gasteiger partial charge is 0.410 e. The molecule has 2 unspecified atom stereocenters. The number of aromatic nitrogens is 4. The molecule has 7 amide bonds. The third-order valence-corrected chi connectivity index (χ3v) is 20.8. The summed E-state index contributed by atoms with van der Waals surface area (Å²) in [7, 11) is -4.49. The largest absolute Gasteiger partial charge is 0.476 e. The quantitative estimate of drug-likeness (QED) is 0.0145. The van der Waals surface area contributed by atoms with E-state index in [1.54, 1.807) is 56.4 Å². The van der Waals surface area contributed by atoms with Crippen LogP contribution in [0, 0.1) is 29.1 Å². The molecule has 4 aliphatic carbocycles. The minimum absolute atomic E-state index is 0.0417. The Balaban J connectivity index is 0.767. The highest BCUT2D eigenvalue weighted by Crippen LogP contribution is 2.72. The zero-order chi connectivity index (χ0) is 69.5. The van der Waals surface area contributed by atoms with E-state index < -0.39 is 63.5 Å². The van der Waals surface area contributed by atoms with Crippen molar-refractivity contribution in [3.05, 3.63) is 119 Å². The molecule has 4 bridgehead atoms. The molecule has 1 aliphatic heterocycles. The number of ether oxygens (including phenoxy) is 2. The van der Waals surface area contributed by atoms with Gasteiger partial charge in [0.1, 0.15) is 24.5 Å². The molecular weight excluding hydrogens is 1280 g/mol. The molecule has 0 saturated heterocycles. The zero-order valence-electron chi connectivity index (χ0n) is 55.6. The van der Waals surface area contributed by atoms with Crippen LogP contribution < -0.4 is 43.0 Å². The van der Waals surface area contributed by atoms with Crippen LogP contribution >= 0.6 is 11.3 Å². The van der Waals surface area contributed by atoms with Crippen LogP contribution in [-0.2, 0) is 60.1 Å². The van der Waals surface area contributed by atoms with Gasteiger partial charge in [-0.25, -0.2) is 24.4 Å². The number of carboxylic acid groups (broad SMARTS) is 1. The van der Waals surface area contributed by atoms with Gasteiger partial charge in [-0.15, -0.1) is 0 Å². The number of thiazole rings is 1. The van der Waals surface area contributed by atoms with Crippen molar-refractivity contribution in [2.45, 2.75) is 155 Å². The number of amides is 7. The maximum absolute atomic E-state index is 13.9. The van der Waals surface area contributed by atoms with E-state index in [2.05, 4.69) is 45.4 Å². The number of aromatic carboxylic acids is 1. The summed E-state index contributed by atoms with van der Waals surface area (Å²) in [6.45, 7) is 11.6. The maximum atomic E-state index is 13.9. The standard InChI is InChI=1S/C69H89N13O13S2/c1-43(2)57(78-56(83)18-7-6-10-26-70)61(86)75-53(16-12-27-72-63(71)89)60(85)74-47-21-19-45(20-22-47)35-94-65(90)80(30-32-97(91,92)93)29-31-95-69-39-66(4)36-67(5,40-69)38-68(37-66,41-69)42-82-44(3)50(33-73-82)48-23-24-55(77-58(48)62(87)88)81-28-25-46-13-11-14-49(51(46)34-81)59(84)79-64-76-52-15-8-9-17-54(52)96-64/h8-9,11,13-15,17,19-24,33,43,53,57H,6-7,10,12,16,18,25-32,34-42,70H2,1-5H3,(H,74,85)(H,75,86)(H,78,83)(H,87,88)(H3,71,72,89)(H,76,79,84)(H,91,92,93)/t53-,57-,66?,67?,68?,69?/m0/s1. The lowest BCUT2D eigenvalue weighted by molar-refractivity contribution is -0.248. The highest BCUT2D eigenvalue weighted by Gasteiger charge is 2.66. The molecule has 3 aromatic carbocycles. The van der Waals surface area contributed by atoms with Crippen molar-refractivity contribution in [3.63, 3.8) is 0 Å². The first-order valence-corrected chi connectivity index (χ1v) is 35.6. The van der Waals surface area contributed by atoms with Gasteiger partial charge in [-0.2, -0.15) is 13.5 Å². The van der Waals surface area contributed by atoms with Crippen LogP contribution in [0.15, 0.2) is 85.1 Å². The zero-order valence-corrected chi connectivity index (χ0v) is 57.3. The van der Waals surface area contributed by atoms with E-state index in [0.29, 0.717) is 84.3 Å². The normalized spacial score (nSPS) is 20.8. The summed E-state index contributed by atoms with van der Waals surface area (Å²) in [5.74, 6) is -3.46. The Morgan fingerprint density at radius 3 is 2.28 bits per heavy atom. The third-order valence-electron chi connectivity index (χ3n) is 19.2. The van der Waals surface area contributed by atoms with Gasteiger partial charge in [0.2, 0.25) is 17.7 Å². The number of nitrogens with zero attached hydrogens (tertiary/aromatic N) is 6. The number of rotatable bonds is 31. The molecule has 4 saturated carbocycles. The van der Waals surface area contributed by atoms with E-state index >= 15 is 0 Å². The highest BCUT2D eigenvalue weighted by molar-refractivity contribution is 7.85. The van der Waals surface area contributed by atoms with Gasteiger partial charge in [-0.05, 0) is 165 Å². The number of nitrogens with two attached hydrogens (primary N) is 2. The Kier molecular flexibility index (Phi) is 22.1. The van der Waals surface area contributed by atoms with Gasteiger partial charge in [0.15, 0.2) is 10.8 Å². The van der Waals surface area contributed by atoms with Crippen LogP contribution in [0.1, 0.15) is 148 Å². The molecule has 0 spiro atoms. The Labute approximate surface area is 568 Å². The number of benzene rings is 3. The summed E-state index contributed by atoms with van der Waals surface area (Å²) in [6.07, 6.45) is 9.30. The fraction of sp³-hybridized carbons (Fsp3) is 0.507. The number of carbonyl (C=O) groups is 7. The summed E-state index contributed by atoms with van der Waals surface area (Å²) < 4.78 is 49.6. The van der Waals surface area contributed by atoms with E-state index in [9.17, 15) is 51.6 Å². The molecule has 3 aromatic heterocycles. The van der Waals surface area contributed by atoms with Crippen molar-refractivity contribution in [1.82, 2.24) is 40.6 Å². The predicted molar refractivity (Wildman–Crippen MR) is 367 cm³/mol. The average Bonchev–Trinajstić information content (AvgIpc) is 0.971. The molecule has 26 nitrogen and oxygen atoms in total. The van der Waals surface area contributed by atoms with Gasteiger partial charge in [0.05, 0.1) is 34.4 Å². The summed E-state index contributed by atoms with van der Waals surface area (Å²) in [5, 5.41) is 30.0. The molecule has 28 heteroatoms. The van der Waals surface area contributed by atoms with Crippen LogP contribution in [-0.4, -0.2) is 147 Å². The number of unbranched alkanes of at least 4 members (excludes halogenated alkanes) is 2. The van der Waals surface area contributed by atoms with Crippen molar-refractivity contribution in [1.29, 1.82) is 0 Å². The number of fused-ring (bicyclic) bond motifs is 2. The first kappa shape index (κ1) is 71.2. The lowest BCUT2D eigenvalue weighted by atomic mass is 9.39. The minimum Gasteiger partial charge on any atom is -0.476 e. The molecule has 4 atom stereocenters. The molecule has 11 N–H and O–H groups in total. The van der Waals surface area contributed by atoms with E-state index in [4.69, 9.17) is 31.0 Å². The maximum Gasteiger partial charge on any atom is 0.410 e. The van der Waals surface area contributed by atoms with Crippen molar-refractivity contribution < 1.29 is 61.1 Å². The van der Waals surface area contributed by atoms with Crippen molar-refractivity contribution in [3.8, 4) is 11.1 Å². The molecule has 520 valence electrons. The SMILES string of the molecule is Cc1c(-c2ccc(N3CCc4cccc(C(=O)Nc5nc6ccccc6s5)c4C3)nc2C(=O)O)cnn1CC12CC3(C)CC(C)(C1)CC(OCCN(CCS(=O)(=O)O)C(=O)OCc1ccc(NC(=O)[C@H](CCCNC(N)=O)NC(=O)[C@@H](NC(=O)CCCCCN)C(C)C)cc1)(C3)C2. The van der Waals surface area contributed by atoms with Crippen molar-refractivity contribution in [2.75, 3.05) is 60.6 Å². The van der Waals surface area contributed by atoms with Crippen LogP contribution in [0.3, 0.4) is 0 Å². The Hall–Kier alpha value is -8.57. The Morgan fingerprint density at radius 1 is 0.825 bits per heavy atom. The second-order valence-electron chi connectivity index (χ2n) is 27.8. The molecule has 97 heavy (non-hydrogen) atoms. The van der Waals surface area contributed by atoms with Gasteiger partial charge in [0.25, 0.3) is 16.0 Å². The number of hydrogen-bond donors (Lipinski definition) is 9. The van der Waals surface area contributed by atoms with Gasteiger partial charge in [-0.3, -0.25) is 33.7 Å². The number of carboxylic acids is 1. The lowest BCUT2D eigenvalue weighted by Gasteiger charge is -2.69. The van der Waals surface area contributed by atoms with Gasteiger partial charge in [0, 0.05) is 73.8 Å². The molecule has 6 aromatic rings. The fourth-order valence-corrected chi connectivity index (χ4v) is 17.2. The van der Waals surface area contributed by atoms with Gasteiger partial charge < -0.3 is 57.1 Å². The number of para-hydroxylation sites is 1. The number of carbonyl (C=O) groups excluding carboxylic acids is 6. The van der Waals surface area contributed by atoms with Crippen LogP contribution in [0.25, 0.3) is 21.3 Å². The van der Waals surface area contributed by atoms with E-state index in [1.165, 1.54) is 16.2 Å². The van der Waals surface area contributed by atoms with Crippen molar-refractivity contribution in [2.24, 2.45) is 33.6 Å². The third kappa shape index (κ3) is 17.8. The fourth-order valence-electron chi connectivity index (χ4n) is 15.9. The number of nitrogens with one attached hydrogen (secondary N) is 5. The monoisotopic (exact) mass is 1370 g/mol. The number of urea groups is 1.